The van der Waals surface area contributed by atoms with E-state index in [1.165, 1.54) is 45.1 Å². The average Bonchev–Trinajstić information content (AvgIpc) is 2.79. The van der Waals surface area contributed by atoms with Crippen molar-refractivity contribution in [3.63, 3.8) is 0 Å². The molecule has 0 aromatic carbocycles. The van der Waals surface area contributed by atoms with Crippen LogP contribution in [0.5, 0.6) is 0 Å². The van der Waals surface area contributed by atoms with Crippen LogP contribution in [0.2, 0.25) is 0 Å². The van der Waals surface area contributed by atoms with Crippen molar-refractivity contribution in [2.24, 2.45) is 5.41 Å². The lowest BCUT2D eigenvalue weighted by atomic mass is 9.83. The normalized spacial score (nSPS) is 18.7. The van der Waals surface area contributed by atoms with E-state index in [0.717, 1.165) is 19.8 Å². The molecule has 0 saturated heterocycles. The van der Waals surface area contributed by atoms with Crippen molar-refractivity contribution in [1.29, 1.82) is 0 Å². The Hall–Kier alpha value is -0.120. The lowest BCUT2D eigenvalue weighted by molar-refractivity contribution is 0.0514. The zero-order chi connectivity index (χ0) is 12.4. The molecule has 1 fully saturated rings. The molecule has 102 valence electrons. The van der Waals surface area contributed by atoms with E-state index >= 15 is 0 Å². The monoisotopic (exact) mass is 243 g/mol. The molecule has 0 aromatic heterocycles. The Morgan fingerprint density at radius 1 is 1.12 bits per heavy atom. The number of rotatable bonds is 10. The van der Waals surface area contributed by atoms with E-state index in [1.807, 2.05) is 0 Å². The largest absolute Gasteiger partial charge is 0.382 e. The summed E-state index contributed by atoms with van der Waals surface area (Å²) in [5.74, 6) is 0. The van der Waals surface area contributed by atoms with Gasteiger partial charge in [0.2, 0.25) is 0 Å². The van der Waals surface area contributed by atoms with Gasteiger partial charge in [-0.1, -0.05) is 19.8 Å². The first-order valence-corrected chi connectivity index (χ1v) is 7.10. The maximum atomic E-state index is 5.61. The van der Waals surface area contributed by atoms with Crippen molar-refractivity contribution in [1.82, 2.24) is 5.32 Å². The second kappa shape index (κ2) is 8.90. The van der Waals surface area contributed by atoms with Crippen molar-refractivity contribution in [2.45, 2.75) is 45.4 Å². The van der Waals surface area contributed by atoms with Gasteiger partial charge in [0.25, 0.3) is 0 Å². The van der Waals surface area contributed by atoms with Gasteiger partial charge in [0.05, 0.1) is 13.2 Å². The van der Waals surface area contributed by atoms with E-state index in [-0.39, 0.29) is 0 Å². The highest BCUT2D eigenvalue weighted by Gasteiger charge is 2.32. The van der Waals surface area contributed by atoms with Crippen molar-refractivity contribution < 1.29 is 9.47 Å². The van der Waals surface area contributed by atoms with Gasteiger partial charge in [0.1, 0.15) is 0 Å². The topological polar surface area (TPSA) is 30.5 Å². The quantitative estimate of drug-likeness (QED) is 0.598. The molecule has 0 spiro atoms. The third-order valence-electron chi connectivity index (χ3n) is 3.80. The molecule has 0 bridgehead atoms. The summed E-state index contributed by atoms with van der Waals surface area (Å²) < 4.78 is 10.6. The fourth-order valence-electron chi connectivity index (χ4n) is 2.70. The number of hydrogen-bond donors (Lipinski definition) is 1. The average molecular weight is 243 g/mol. The number of methoxy groups -OCH3 is 1. The van der Waals surface area contributed by atoms with Crippen LogP contribution in [0.3, 0.4) is 0 Å². The molecular formula is C14H29NO2. The Labute approximate surface area is 106 Å². The Bertz CT molecular complexity index is 179. The first kappa shape index (κ1) is 14.9. The predicted octanol–water partition coefficient (Wildman–Crippen LogP) is 2.60. The summed E-state index contributed by atoms with van der Waals surface area (Å²) in [6.07, 6.45) is 7.96. The van der Waals surface area contributed by atoms with Crippen LogP contribution in [0.15, 0.2) is 0 Å². The summed E-state index contributed by atoms with van der Waals surface area (Å²) in [7, 11) is 1.72. The molecule has 0 aromatic rings. The molecule has 0 unspecified atom stereocenters. The van der Waals surface area contributed by atoms with E-state index in [1.54, 1.807) is 7.11 Å². The molecule has 1 saturated carbocycles. The predicted molar refractivity (Wildman–Crippen MR) is 71.4 cm³/mol. The van der Waals surface area contributed by atoms with Gasteiger partial charge in [0, 0.05) is 20.3 Å². The molecule has 3 heteroatoms. The fraction of sp³-hybridized carbons (Fsp3) is 1.00. The van der Waals surface area contributed by atoms with Gasteiger partial charge in [-0.15, -0.1) is 0 Å². The standard InChI is InChI=1S/C14H29NO2/c1-3-9-15-13-14(6-4-5-7-14)8-10-17-12-11-16-2/h15H,3-13H2,1-2H3. The number of nitrogens with one attached hydrogen (secondary N) is 1. The molecular weight excluding hydrogens is 214 g/mol. The first-order chi connectivity index (χ1) is 8.33. The van der Waals surface area contributed by atoms with E-state index in [0.29, 0.717) is 12.0 Å². The maximum Gasteiger partial charge on any atom is 0.0700 e. The maximum absolute atomic E-state index is 5.61. The van der Waals surface area contributed by atoms with Gasteiger partial charge in [-0.25, -0.2) is 0 Å². The Morgan fingerprint density at radius 2 is 1.88 bits per heavy atom. The van der Waals surface area contributed by atoms with E-state index in [4.69, 9.17) is 9.47 Å². The van der Waals surface area contributed by atoms with Crippen LogP contribution in [0, 0.1) is 5.41 Å². The highest BCUT2D eigenvalue weighted by Crippen LogP contribution is 2.40. The van der Waals surface area contributed by atoms with Crippen molar-refractivity contribution in [3.05, 3.63) is 0 Å². The Morgan fingerprint density at radius 3 is 2.53 bits per heavy atom. The third kappa shape index (κ3) is 5.84. The molecule has 1 rings (SSSR count). The second-order valence-electron chi connectivity index (χ2n) is 5.24. The van der Waals surface area contributed by atoms with Gasteiger partial charge < -0.3 is 14.8 Å². The van der Waals surface area contributed by atoms with Gasteiger partial charge >= 0.3 is 0 Å². The van der Waals surface area contributed by atoms with E-state index < -0.39 is 0 Å². The van der Waals surface area contributed by atoms with Gasteiger partial charge in [-0.05, 0) is 37.6 Å². The molecule has 0 aliphatic heterocycles. The zero-order valence-corrected chi connectivity index (χ0v) is 11.6. The van der Waals surface area contributed by atoms with Crippen molar-refractivity contribution in [3.8, 4) is 0 Å². The van der Waals surface area contributed by atoms with E-state index in [2.05, 4.69) is 12.2 Å². The molecule has 0 heterocycles. The van der Waals surface area contributed by atoms with Gasteiger partial charge in [-0.2, -0.15) is 0 Å². The summed E-state index contributed by atoms with van der Waals surface area (Å²) >= 11 is 0. The first-order valence-electron chi connectivity index (χ1n) is 7.10. The van der Waals surface area contributed by atoms with Crippen LogP contribution < -0.4 is 5.32 Å². The van der Waals surface area contributed by atoms with Gasteiger partial charge in [0.15, 0.2) is 0 Å². The van der Waals surface area contributed by atoms with Crippen LogP contribution in [0.1, 0.15) is 45.4 Å². The zero-order valence-electron chi connectivity index (χ0n) is 11.6. The SMILES string of the molecule is CCCNCC1(CCOCCOC)CCCC1. The molecule has 0 radical (unpaired) electrons. The number of hydrogen-bond acceptors (Lipinski definition) is 3. The summed E-state index contributed by atoms with van der Waals surface area (Å²) in [5, 5.41) is 3.59. The molecule has 0 atom stereocenters. The summed E-state index contributed by atoms with van der Waals surface area (Å²) in [6.45, 7) is 6.87. The molecule has 1 aliphatic rings. The van der Waals surface area contributed by atoms with Crippen LogP contribution >= 0.6 is 0 Å². The summed E-state index contributed by atoms with van der Waals surface area (Å²) in [5.41, 5.74) is 0.516. The lowest BCUT2D eigenvalue weighted by Gasteiger charge is -2.29. The highest BCUT2D eigenvalue weighted by molar-refractivity contribution is 4.86. The van der Waals surface area contributed by atoms with Crippen molar-refractivity contribution >= 4 is 0 Å². The Kier molecular flexibility index (Phi) is 7.82. The molecule has 0 amide bonds. The van der Waals surface area contributed by atoms with Gasteiger partial charge in [-0.3, -0.25) is 0 Å². The third-order valence-corrected chi connectivity index (χ3v) is 3.80. The molecule has 17 heavy (non-hydrogen) atoms. The smallest absolute Gasteiger partial charge is 0.0700 e. The van der Waals surface area contributed by atoms with Crippen LogP contribution in [0.4, 0.5) is 0 Å². The second-order valence-corrected chi connectivity index (χ2v) is 5.24. The van der Waals surface area contributed by atoms with Crippen LogP contribution in [-0.4, -0.2) is 40.0 Å². The van der Waals surface area contributed by atoms with Crippen LogP contribution in [-0.2, 0) is 9.47 Å². The summed E-state index contributed by atoms with van der Waals surface area (Å²) in [4.78, 5) is 0. The highest BCUT2D eigenvalue weighted by atomic mass is 16.5. The minimum Gasteiger partial charge on any atom is -0.382 e. The molecule has 1 aliphatic carbocycles. The molecule has 3 nitrogen and oxygen atoms in total. The van der Waals surface area contributed by atoms with Crippen molar-refractivity contribution in [2.75, 3.05) is 40.0 Å². The minimum atomic E-state index is 0.516. The molecule has 1 N–H and O–H groups in total. The fourth-order valence-corrected chi connectivity index (χ4v) is 2.70. The lowest BCUT2D eigenvalue weighted by Crippen LogP contribution is -2.33. The van der Waals surface area contributed by atoms with E-state index in [9.17, 15) is 0 Å². The summed E-state index contributed by atoms with van der Waals surface area (Å²) in [6, 6.07) is 0. The Balaban J connectivity index is 2.17. The number of ether oxygens (including phenoxy) is 2. The minimum absolute atomic E-state index is 0.516. The van der Waals surface area contributed by atoms with Crippen LogP contribution in [0.25, 0.3) is 0 Å².